The molecule has 0 saturated heterocycles. The maximum Gasteiger partial charge on any atom is 0.225 e. The van der Waals surface area contributed by atoms with Crippen molar-refractivity contribution in [1.82, 2.24) is 20.2 Å². The zero-order valence-corrected chi connectivity index (χ0v) is 13.2. The molecule has 4 rings (SSSR count). The summed E-state index contributed by atoms with van der Waals surface area (Å²) in [6.07, 6.45) is 1.67. The first-order valence-corrected chi connectivity index (χ1v) is 7.79. The minimum absolute atomic E-state index is 0.253. The molecule has 0 radical (unpaired) electrons. The predicted molar refractivity (Wildman–Crippen MR) is 95.1 cm³/mol. The van der Waals surface area contributed by atoms with E-state index < -0.39 is 0 Å². The van der Waals surface area contributed by atoms with Crippen LogP contribution in [0.15, 0.2) is 60.8 Å². The van der Waals surface area contributed by atoms with Crippen LogP contribution in [0.25, 0.3) is 10.9 Å². The summed E-state index contributed by atoms with van der Waals surface area (Å²) in [5.74, 6) is 1.66. The Morgan fingerprint density at radius 3 is 2.60 bits per heavy atom. The third-order valence-electron chi connectivity index (χ3n) is 3.72. The molecule has 6 nitrogen and oxygen atoms in total. The van der Waals surface area contributed by atoms with Crippen molar-refractivity contribution in [2.24, 2.45) is 0 Å². The molecule has 0 aliphatic heterocycles. The van der Waals surface area contributed by atoms with Gasteiger partial charge in [-0.05, 0) is 29.8 Å². The van der Waals surface area contributed by atoms with Crippen LogP contribution in [0.5, 0.6) is 0 Å². The van der Waals surface area contributed by atoms with Gasteiger partial charge in [-0.2, -0.15) is 10.1 Å². The van der Waals surface area contributed by atoms with Crippen molar-refractivity contribution >= 4 is 28.5 Å². The number of rotatable bonds is 5. The number of halogens is 1. The van der Waals surface area contributed by atoms with Gasteiger partial charge < -0.3 is 10.6 Å². The first kappa shape index (κ1) is 15.1. The number of aromatic amines is 1. The average Bonchev–Trinajstić information content (AvgIpc) is 3.14. The molecule has 0 saturated carbocycles. The Kier molecular flexibility index (Phi) is 3.96. The van der Waals surface area contributed by atoms with E-state index in [4.69, 9.17) is 0 Å². The summed E-state index contributed by atoms with van der Waals surface area (Å²) in [7, 11) is 0. The fourth-order valence-corrected chi connectivity index (χ4v) is 2.49. The molecule has 0 aliphatic rings. The second kappa shape index (κ2) is 6.56. The van der Waals surface area contributed by atoms with Gasteiger partial charge in [0.25, 0.3) is 0 Å². The minimum Gasteiger partial charge on any atom is -0.350 e. The quantitative estimate of drug-likeness (QED) is 0.517. The van der Waals surface area contributed by atoms with Gasteiger partial charge in [0.2, 0.25) is 5.95 Å². The number of hydrogen-bond acceptors (Lipinski definition) is 5. The summed E-state index contributed by atoms with van der Waals surface area (Å²) in [6.45, 7) is 0.502. The molecule has 2 aromatic heterocycles. The lowest BCUT2D eigenvalue weighted by molar-refractivity contribution is 0.627. The Balaban J connectivity index is 1.63. The number of nitrogens with zero attached hydrogens (tertiary/aromatic N) is 3. The summed E-state index contributed by atoms with van der Waals surface area (Å²) in [6, 6.07) is 15.9. The largest absolute Gasteiger partial charge is 0.350 e. The minimum atomic E-state index is -0.253. The fraction of sp³-hybridized carbons (Fsp3) is 0.0556. The van der Waals surface area contributed by atoms with Crippen molar-refractivity contribution < 1.29 is 4.39 Å². The van der Waals surface area contributed by atoms with Crippen LogP contribution < -0.4 is 10.6 Å². The molecule has 2 heterocycles. The van der Waals surface area contributed by atoms with Crippen molar-refractivity contribution in [3.8, 4) is 0 Å². The van der Waals surface area contributed by atoms with Gasteiger partial charge in [0, 0.05) is 18.0 Å². The predicted octanol–water partition coefficient (Wildman–Crippen LogP) is 3.85. The summed E-state index contributed by atoms with van der Waals surface area (Å²) in [5, 5.41) is 14.1. The lowest BCUT2D eigenvalue weighted by Gasteiger charge is -2.11. The molecule has 25 heavy (non-hydrogen) atoms. The molecule has 0 atom stereocenters. The highest BCUT2D eigenvalue weighted by Crippen LogP contribution is 2.24. The van der Waals surface area contributed by atoms with E-state index in [1.54, 1.807) is 18.3 Å². The molecule has 124 valence electrons. The first-order chi connectivity index (χ1) is 12.3. The number of H-pyrrole nitrogens is 1. The van der Waals surface area contributed by atoms with Crippen LogP contribution >= 0.6 is 0 Å². The molecule has 0 fully saturated rings. The van der Waals surface area contributed by atoms with Gasteiger partial charge in [0.15, 0.2) is 0 Å². The van der Waals surface area contributed by atoms with Gasteiger partial charge >= 0.3 is 0 Å². The zero-order valence-electron chi connectivity index (χ0n) is 13.2. The Bertz CT molecular complexity index is 982. The van der Waals surface area contributed by atoms with E-state index in [0.717, 1.165) is 22.3 Å². The highest BCUT2D eigenvalue weighted by atomic mass is 19.1. The smallest absolute Gasteiger partial charge is 0.225 e. The molecule has 0 bridgehead atoms. The average molecular weight is 334 g/mol. The highest BCUT2D eigenvalue weighted by Gasteiger charge is 2.08. The van der Waals surface area contributed by atoms with Gasteiger partial charge in [0.05, 0.1) is 11.7 Å². The fourth-order valence-electron chi connectivity index (χ4n) is 2.49. The molecule has 3 N–H and O–H groups in total. The normalized spacial score (nSPS) is 10.8. The van der Waals surface area contributed by atoms with Crippen LogP contribution in [0.2, 0.25) is 0 Å². The van der Waals surface area contributed by atoms with Crippen molar-refractivity contribution in [3.63, 3.8) is 0 Å². The second-order valence-corrected chi connectivity index (χ2v) is 5.49. The molecule has 0 unspecified atom stereocenters. The molecular weight excluding hydrogens is 319 g/mol. The molecule has 0 aliphatic carbocycles. The van der Waals surface area contributed by atoms with Crippen LogP contribution in [-0.4, -0.2) is 20.2 Å². The number of para-hydroxylation sites is 1. The maximum atomic E-state index is 13.0. The molecule has 4 aromatic rings. The Morgan fingerprint density at radius 2 is 1.80 bits per heavy atom. The first-order valence-electron chi connectivity index (χ1n) is 7.79. The lowest BCUT2D eigenvalue weighted by atomic mass is 10.2. The Hall–Kier alpha value is -3.48. The maximum absolute atomic E-state index is 13.0. The monoisotopic (exact) mass is 334 g/mol. The molecule has 7 heteroatoms. The van der Waals surface area contributed by atoms with E-state index in [0.29, 0.717) is 18.3 Å². The lowest BCUT2D eigenvalue weighted by Crippen LogP contribution is -2.06. The van der Waals surface area contributed by atoms with E-state index >= 15 is 0 Å². The molecular formula is C18H15FN6. The van der Waals surface area contributed by atoms with E-state index in [1.165, 1.54) is 12.1 Å². The third-order valence-corrected chi connectivity index (χ3v) is 3.72. The SMILES string of the molecule is Fc1ccc(CNc2nc(Nc3ccn[nH]3)c3ccccc3n2)cc1. The summed E-state index contributed by atoms with van der Waals surface area (Å²) in [5.41, 5.74) is 1.77. The zero-order chi connectivity index (χ0) is 17.1. The third kappa shape index (κ3) is 3.40. The number of benzene rings is 2. The van der Waals surface area contributed by atoms with E-state index in [9.17, 15) is 4.39 Å². The Morgan fingerprint density at radius 1 is 0.960 bits per heavy atom. The summed E-state index contributed by atoms with van der Waals surface area (Å²) in [4.78, 5) is 9.09. The van der Waals surface area contributed by atoms with E-state index in [2.05, 4.69) is 30.8 Å². The standard InChI is InChI=1S/C18H15FN6/c19-13-7-5-12(6-8-13)11-20-18-22-15-4-2-1-3-14(15)17(24-18)23-16-9-10-21-25-16/h1-10H,11H2,(H3,20,21,22,23,24,25). The topological polar surface area (TPSA) is 78.5 Å². The van der Waals surface area contributed by atoms with Crippen LogP contribution in [0.3, 0.4) is 0 Å². The van der Waals surface area contributed by atoms with Gasteiger partial charge in [-0.15, -0.1) is 0 Å². The van der Waals surface area contributed by atoms with Crippen LogP contribution in [0.4, 0.5) is 22.0 Å². The highest BCUT2D eigenvalue weighted by molar-refractivity contribution is 5.91. The van der Waals surface area contributed by atoms with Crippen LogP contribution in [0.1, 0.15) is 5.56 Å². The van der Waals surface area contributed by atoms with Crippen LogP contribution in [-0.2, 0) is 6.54 Å². The molecule has 0 spiro atoms. The van der Waals surface area contributed by atoms with Crippen LogP contribution in [0, 0.1) is 5.82 Å². The van der Waals surface area contributed by atoms with Gasteiger partial charge in [-0.1, -0.05) is 24.3 Å². The van der Waals surface area contributed by atoms with Crippen molar-refractivity contribution in [1.29, 1.82) is 0 Å². The van der Waals surface area contributed by atoms with Gasteiger partial charge in [-0.3, -0.25) is 5.10 Å². The molecule has 0 amide bonds. The number of fused-ring (bicyclic) bond motifs is 1. The summed E-state index contributed by atoms with van der Waals surface area (Å²) < 4.78 is 13.0. The number of anilines is 3. The van der Waals surface area contributed by atoms with E-state index in [-0.39, 0.29) is 5.82 Å². The summed E-state index contributed by atoms with van der Waals surface area (Å²) >= 11 is 0. The van der Waals surface area contributed by atoms with Crippen molar-refractivity contribution in [2.45, 2.75) is 6.54 Å². The molecule has 2 aromatic carbocycles. The van der Waals surface area contributed by atoms with E-state index in [1.807, 2.05) is 30.3 Å². The van der Waals surface area contributed by atoms with Crippen molar-refractivity contribution in [3.05, 3.63) is 72.2 Å². The second-order valence-electron chi connectivity index (χ2n) is 5.49. The number of hydrogen-bond donors (Lipinski definition) is 3. The number of aromatic nitrogens is 4. The van der Waals surface area contributed by atoms with Gasteiger partial charge in [-0.25, -0.2) is 9.37 Å². The van der Waals surface area contributed by atoms with Crippen molar-refractivity contribution in [2.75, 3.05) is 10.6 Å². The number of nitrogens with one attached hydrogen (secondary N) is 3. The van der Waals surface area contributed by atoms with Gasteiger partial charge in [0.1, 0.15) is 17.5 Å². The Labute approximate surface area is 143 Å².